The van der Waals surface area contributed by atoms with Crippen LogP contribution in [0.25, 0.3) is 0 Å². The first kappa shape index (κ1) is 9.55. The highest BCUT2D eigenvalue weighted by atomic mass is 35.5. The van der Waals surface area contributed by atoms with Crippen molar-refractivity contribution in [1.29, 1.82) is 0 Å². The van der Waals surface area contributed by atoms with Gasteiger partial charge in [0.15, 0.2) is 0 Å². The maximum atomic E-state index is 8.53. The molecule has 0 bridgehead atoms. The molecule has 0 heterocycles. The SMILES string of the molecule is CNN/C(Cl)=C\N(C)CO. The number of halogens is 1. The van der Waals surface area contributed by atoms with Crippen LogP contribution in [0.4, 0.5) is 0 Å². The van der Waals surface area contributed by atoms with E-state index in [2.05, 4.69) is 10.9 Å². The largest absolute Gasteiger partial charge is 0.376 e. The molecule has 0 aromatic carbocycles. The second-order valence-corrected chi connectivity index (χ2v) is 2.16. The lowest BCUT2D eigenvalue weighted by atomic mass is 10.8. The van der Waals surface area contributed by atoms with Crippen LogP contribution in [0.5, 0.6) is 0 Å². The van der Waals surface area contributed by atoms with Gasteiger partial charge in [-0.1, -0.05) is 11.6 Å². The Balaban J connectivity index is 3.65. The molecule has 0 spiro atoms. The molecular formula is C5H12ClN3O. The highest BCUT2D eigenvalue weighted by molar-refractivity contribution is 6.29. The number of nitrogens with zero attached hydrogens (tertiary/aromatic N) is 1. The van der Waals surface area contributed by atoms with Gasteiger partial charge in [0.2, 0.25) is 0 Å². The van der Waals surface area contributed by atoms with Crippen molar-refractivity contribution in [2.75, 3.05) is 20.8 Å². The lowest BCUT2D eigenvalue weighted by Crippen LogP contribution is -2.26. The van der Waals surface area contributed by atoms with Gasteiger partial charge in [0.1, 0.15) is 11.9 Å². The second kappa shape index (κ2) is 5.34. The summed E-state index contributed by atoms with van der Waals surface area (Å²) >= 11 is 5.59. The van der Waals surface area contributed by atoms with E-state index in [1.54, 1.807) is 20.3 Å². The van der Waals surface area contributed by atoms with Gasteiger partial charge >= 0.3 is 0 Å². The Kier molecular flexibility index (Phi) is 5.10. The minimum absolute atomic E-state index is 0.0540. The fourth-order valence-corrected chi connectivity index (χ4v) is 0.647. The molecule has 10 heavy (non-hydrogen) atoms. The van der Waals surface area contributed by atoms with Gasteiger partial charge in [-0.2, -0.15) is 0 Å². The third-order valence-corrected chi connectivity index (χ3v) is 0.993. The van der Waals surface area contributed by atoms with E-state index in [1.807, 2.05) is 0 Å². The number of rotatable bonds is 4. The van der Waals surface area contributed by atoms with Crippen LogP contribution in [0.1, 0.15) is 0 Å². The predicted molar refractivity (Wildman–Crippen MR) is 41.0 cm³/mol. The standard InChI is InChI=1S/C5H12ClN3O/c1-7-8-5(6)3-9(2)4-10/h3,7-8,10H,4H2,1-2H3/b5-3-. The van der Waals surface area contributed by atoms with Crippen molar-refractivity contribution in [3.63, 3.8) is 0 Å². The zero-order valence-corrected chi connectivity index (χ0v) is 6.81. The summed E-state index contributed by atoms with van der Waals surface area (Å²) in [5.74, 6) is 0. The van der Waals surface area contributed by atoms with E-state index in [-0.39, 0.29) is 6.73 Å². The van der Waals surface area contributed by atoms with E-state index in [0.717, 1.165) is 0 Å². The highest BCUT2D eigenvalue weighted by Gasteiger charge is 1.90. The summed E-state index contributed by atoms with van der Waals surface area (Å²) in [4.78, 5) is 1.53. The van der Waals surface area contributed by atoms with Crippen LogP contribution in [-0.2, 0) is 0 Å². The van der Waals surface area contributed by atoms with Crippen molar-refractivity contribution in [3.8, 4) is 0 Å². The topological polar surface area (TPSA) is 47.5 Å². The second-order valence-electron chi connectivity index (χ2n) is 1.75. The number of hydrogen-bond acceptors (Lipinski definition) is 4. The van der Waals surface area contributed by atoms with Gasteiger partial charge in [-0.25, -0.2) is 5.43 Å². The van der Waals surface area contributed by atoms with Crippen molar-refractivity contribution >= 4 is 11.6 Å². The Morgan fingerprint density at radius 2 is 2.40 bits per heavy atom. The molecule has 60 valence electrons. The van der Waals surface area contributed by atoms with Crippen molar-refractivity contribution in [3.05, 3.63) is 11.4 Å². The Morgan fingerprint density at radius 3 is 2.80 bits per heavy atom. The quantitative estimate of drug-likeness (QED) is 0.302. The van der Waals surface area contributed by atoms with Crippen LogP contribution in [0.3, 0.4) is 0 Å². The molecule has 0 saturated carbocycles. The van der Waals surface area contributed by atoms with Gasteiger partial charge in [0.25, 0.3) is 0 Å². The third-order valence-electron chi connectivity index (χ3n) is 0.801. The molecule has 3 N–H and O–H groups in total. The number of hydrogen-bond donors (Lipinski definition) is 3. The van der Waals surface area contributed by atoms with Gasteiger partial charge in [0.05, 0.1) is 0 Å². The maximum Gasteiger partial charge on any atom is 0.132 e. The van der Waals surface area contributed by atoms with E-state index in [4.69, 9.17) is 16.7 Å². The highest BCUT2D eigenvalue weighted by Crippen LogP contribution is 1.94. The van der Waals surface area contributed by atoms with Gasteiger partial charge in [-0.3, -0.25) is 0 Å². The molecule has 0 rings (SSSR count). The summed E-state index contributed by atoms with van der Waals surface area (Å²) in [5.41, 5.74) is 5.27. The molecule has 0 aliphatic carbocycles. The van der Waals surface area contributed by atoms with Crippen LogP contribution in [0.2, 0.25) is 0 Å². The van der Waals surface area contributed by atoms with Crippen LogP contribution in [-0.4, -0.2) is 30.8 Å². The van der Waals surface area contributed by atoms with E-state index in [9.17, 15) is 0 Å². The predicted octanol–water partition coefficient (Wildman–Crippen LogP) is -0.370. The zero-order valence-electron chi connectivity index (χ0n) is 6.06. The van der Waals surface area contributed by atoms with Crippen molar-refractivity contribution in [1.82, 2.24) is 15.8 Å². The van der Waals surface area contributed by atoms with Crippen LogP contribution < -0.4 is 10.9 Å². The summed E-state index contributed by atoms with van der Waals surface area (Å²) in [7, 11) is 3.41. The molecule has 0 radical (unpaired) electrons. The molecule has 0 amide bonds. The Hall–Kier alpha value is -0.450. The van der Waals surface area contributed by atoms with Crippen LogP contribution >= 0.6 is 11.6 Å². The van der Waals surface area contributed by atoms with Crippen molar-refractivity contribution in [2.24, 2.45) is 0 Å². The Labute approximate surface area is 65.4 Å². The zero-order chi connectivity index (χ0) is 7.98. The Morgan fingerprint density at radius 1 is 1.80 bits per heavy atom. The molecule has 0 atom stereocenters. The molecule has 0 aromatic heterocycles. The monoisotopic (exact) mass is 165 g/mol. The summed E-state index contributed by atoms with van der Waals surface area (Å²) < 4.78 is 0. The lowest BCUT2D eigenvalue weighted by Gasteiger charge is -2.10. The molecule has 4 nitrogen and oxygen atoms in total. The average Bonchev–Trinajstić information content (AvgIpc) is 1.88. The molecule has 0 fully saturated rings. The van der Waals surface area contributed by atoms with Gasteiger partial charge in [-0.05, 0) is 0 Å². The fraction of sp³-hybridized carbons (Fsp3) is 0.600. The van der Waals surface area contributed by atoms with Gasteiger partial charge in [0, 0.05) is 20.3 Å². The first-order valence-electron chi connectivity index (χ1n) is 2.82. The third kappa shape index (κ3) is 4.43. The maximum absolute atomic E-state index is 8.53. The fourth-order valence-electron chi connectivity index (χ4n) is 0.386. The van der Waals surface area contributed by atoms with E-state index < -0.39 is 0 Å². The lowest BCUT2D eigenvalue weighted by molar-refractivity contribution is 0.174. The Bertz CT molecular complexity index is 117. The first-order chi connectivity index (χ1) is 4.70. The normalized spacial score (nSPS) is 11.4. The molecule has 0 aromatic rings. The van der Waals surface area contributed by atoms with E-state index >= 15 is 0 Å². The summed E-state index contributed by atoms with van der Waals surface area (Å²) in [5, 5.41) is 8.96. The summed E-state index contributed by atoms with van der Waals surface area (Å²) in [6.07, 6.45) is 1.57. The number of aliphatic hydroxyl groups is 1. The summed E-state index contributed by atoms with van der Waals surface area (Å²) in [6, 6.07) is 0. The molecule has 5 heteroatoms. The first-order valence-corrected chi connectivity index (χ1v) is 3.19. The average molecular weight is 166 g/mol. The van der Waals surface area contributed by atoms with E-state index in [0.29, 0.717) is 5.16 Å². The van der Waals surface area contributed by atoms with E-state index in [1.165, 1.54) is 4.90 Å². The van der Waals surface area contributed by atoms with Crippen LogP contribution in [0, 0.1) is 0 Å². The minimum atomic E-state index is -0.0540. The molecule has 0 unspecified atom stereocenters. The molecule has 0 aliphatic heterocycles. The summed E-state index contributed by atoms with van der Waals surface area (Å²) in [6.45, 7) is -0.0540. The molecule has 0 saturated heterocycles. The van der Waals surface area contributed by atoms with Crippen molar-refractivity contribution in [2.45, 2.75) is 0 Å². The smallest absolute Gasteiger partial charge is 0.132 e. The van der Waals surface area contributed by atoms with Gasteiger partial charge < -0.3 is 15.4 Å². The van der Waals surface area contributed by atoms with Crippen molar-refractivity contribution < 1.29 is 5.11 Å². The minimum Gasteiger partial charge on any atom is -0.376 e. The molecule has 0 aliphatic rings. The van der Waals surface area contributed by atoms with Crippen LogP contribution in [0.15, 0.2) is 11.4 Å². The number of aliphatic hydroxyl groups excluding tert-OH is 1. The number of nitrogens with one attached hydrogen (secondary N) is 2. The van der Waals surface area contributed by atoms with Gasteiger partial charge in [-0.15, -0.1) is 0 Å². The molecular weight excluding hydrogens is 154 g/mol. The number of hydrazine groups is 1.